The van der Waals surface area contributed by atoms with E-state index in [2.05, 4.69) is 4.98 Å². The number of imidazole rings is 1. The van der Waals surface area contributed by atoms with Gasteiger partial charge >= 0.3 is 17.8 Å². The third kappa shape index (κ3) is 1.76. The predicted octanol–water partition coefficient (Wildman–Crippen LogP) is 4.22. The molecule has 0 bridgehead atoms. The SMILES string of the molecule is Cc1nc(-c2c(O)c(F)c3c(c2F)C(F)(F)C(F)(F)C3(F)F)n(O)c1C. The number of benzene rings is 1. The number of phenolic OH excluding ortho intramolecular Hbond substituents is 1. The molecule has 12 heteroatoms. The van der Waals surface area contributed by atoms with Crippen LogP contribution in [0.2, 0.25) is 0 Å². The number of alkyl halides is 6. The first-order chi connectivity index (χ1) is 11.7. The van der Waals surface area contributed by atoms with Gasteiger partial charge in [-0.15, -0.1) is 0 Å². The first kappa shape index (κ1) is 18.3. The lowest BCUT2D eigenvalue weighted by molar-refractivity contribution is -0.303. The number of aromatic nitrogens is 2. The third-order valence-electron chi connectivity index (χ3n) is 4.31. The number of rotatable bonds is 1. The van der Waals surface area contributed by atoms with Crippen LogP contribution in [0.4, 0.5) is 35.1 Å². The summed E-state index contributed by atoms with van der Waals surface area (Å²) in [6, 6.07) is 0. The Labute approximate surface area is 139 Å². The van der Waals surface area contributed by atoms with E-state index in [-0.39, 0.29) is 16.1 Å². The molecule has 0 fully saturated rings. The first-order valence-electron chi connectivity index (χ1n) is 6.83. The minimum Gasteiger partial charge on any atom is -0.504 e. The maximum Gasteiger partial charge on any atom is 0.380 e. The van der Waals surface area contributed by atoms with Gasteiger partial charge in [-0.2, -0.15) is 31.1 Å². The summed E-state index contributed by atoms with van der Waals surface area (Å²) in [7, 11) is 0. The van der Waals surface area contributed by atoms with E-state index in [9.17, 15) is 45.4 Å². The second-order valence-corrected chi connectivity index (χ2v) is 5.74. The van der Waals surface area contributed by atoms with Gasteiger partial charge in [0.1, 0.15) is 11.4 Å². The van der Waals surface area contributed by atoms with Gasteiger partial charge in [-0.25, -0.2) is 13.8 Å². The molecule has 0 aliphatic heterocycles. The van der Waals surface area contributed by atoms with E-state index in [1.165, 1.54) is 13.8 Å². The number of aryl methyl sites for hydroxylation is 1. The molecule has 0 unspecified atom stereocenters. The van der Waals surface area contributed by atoms with Crippen molar-refractivity contribution >= 4 is 0 Å². The van der Waals surface area contributed by atoms with Crippen LogP contribution >= 0.6 is 0 Å². The molecular weight excluding hydrogens is 380 g/mol. The van der Waals surface area contributed by atoms with E-state index < -0.39 is 57.7 Å². The van der Waals surface area contributed by atoms with Gasteiger partial charge in [-0.05, 0) is 13.8 Å². The predicted molar refractivity (Wildman–Crippen MR) is 68.6 cm³/mol. The molecule has 0 spiro atoms. The van der Waals surface area contributed by atoms with E-state index in [4.69, 9.17) is 0 Å². The van der Waals surface area contributed by atoms with Crippen molar-refractivity contribution in [1.82, 2.24) is 9.71 Å². The summed E-state index contributed by atoms with van der Waals surface area (Å²) in [5.74, 6) is -25.7. The van der Waals surface area contributed by atoms with Crippen LogP contribution in [0.1, 0.15) is 22.5 Å². The molecule has 4 nitrogen and oxygen atoms in total. The Hall–Kier alpha value is -2.53. The van der Waals surface area contributed by atoms with Crippen molar-refractivity contribution in [3.05, 3.63) is 34.1 Å². The summed E-state index contributed by atoms with van der Waals surface area (Å²) < 4.78 is 111. The number of phenols is 1. The molecule has 0 saturated carbocycles. The van der Waals surface area contributed by atoms with Gasteiger partial charge in [0.15, 0.2) is 17.4 Å². The van der Waals surface area contributed by atoms with Gasteiger partial charge in [0, 0.05) is 0 Å². The molecule has 2 aromatic rings. The Morgan fingerprint density at radius 1 is 0.885 bits per heavy atom. The Morgan fingerprint density at radius 2 is 1.35 bits per heavy atom. The van der Waals surface area contributed by atoms with Crippen LogP contribution in [0.25, 0.3) is 11.4 Å². The number of aromatic hydroxyl groups is 1. The number of halogens is 8. The monoisotopic (exact) mass is 388 g/mol. The van der Waals surface area contributed by atoms with Crippen molar-refractivity contribution in [2.24, 2.45) is 0 Å². The number of hydrogen-bond acceptors (Lipinski definition) is 3. The molecular formula is C14H8F8N2O2. The van der Waals surface area contributed by atoms with Gasteiger partial charge < -0.3 is 10.3 Å². The van der Waals surface area contributed by atoms with E-state index in [0.29, 0.717) is 0 Å². The molecule has 26 heavy (non-hydrogen) atoms. The number of fused-ring (bicyclic) bond motifs is 1. The molecule has 1 aromatic heterocycles. The molecule has 1 aromatic carbocycles. The fourth-order valence-electron chi connectivity index (χ4n) is 2.74. The summed E-state index contributed by atoms with van der Waals surface area (Å²) >= 11 is 0. The zero-order chi connectivity index (χ0) is 20.0. The topological polar surface area (TPSA) is 58.3 Å². The van der Waals surface area contributed by atoms with Crippen molar-refractivity contribution in [3.63, 3.8) is 0 Å². The highest BCUT2D eigenvalue weighted by molar-refractivity contribution is 5.71. The van der Waals surface area contributed by atoms with E-state index in [0.717, 1.165) is 0 Å². The first-order valence-corrected chi connectivity index (χ1v) is 6.83. The summed E-state index contributed by atoms with van der Waals surface area (Å²) in [4.78, 5) is 3.52. The molecule has 1 aliphatic rings. The van der Waals surface area contributed by atoms with Crippen molar-refractivity contribution < 1.29 is 45.4 Å². The molecule has 142 valence electrons. The maximum atomic E-state index is 14.6. The maximum absolute atomic E-state index is 14.6. The van der Waals surface area contributed by atoms with Crippen LogP contribution in [0.5, 0.6) is 5.75 Å². The minimum absolute atomic E-state index is 0.00961. The van der Waals surface area contributed by atoms with E-state index in [1.54, 1.807) is 0 Å². The fraction of sp³-hybridized carbons (Fsp3) is 0.357. The zero-order valence-corrected chi connectivity index (χ0v) is 12.8. The van der Waals surface area contributed by atoms with Crippen LogP contribution in [0, 0.1) is 25.5 Å². The summed E-state index contributed by atoms with van der Waals surface area (Å²) in [6.45, 7) is 2.49. The Morgan fingerprint density at radius 3 is 1.77 bits per heavy atom. The van der Waals surface area contributed by atoms with Crippen LogP contribution in [-0.2, 0) is 11.8 Å². The quantitative estimate of drug-likeness (QED) is 0.568. The number of hydrogen-bond donors (Lipinski definition) is 2. The molecule has 0 amide bonds. The van der Waals surface area contributed by atoms with Crippen molar-refractivity contribution in [2.45, 2.75) is 31.6 Å². The van der Waals surface area contributed by atoms with Gasteiger partial charge in [0.2, 0.25) is 0 Å². The van der Waals surface area contributed by atoms with Gasteiger partial charge in [0.05, 0.1) is 22.5 Å². The molecule has 0 atom stereocenters. The van der Waals surface area contributed by atoms with Crippen molar-refractivity contribution in [2.75, 3.05) is 0 Å². The second-order valence-electron chi connectivity index (χ2n) is 5.74. The lowest BCUT2D eigenvalue weighted by atomic mass is 10.0. The van der Waals surface area contributed by atoms with E-state index in [1.807, 2.05) is 0 Å². The molecule has 0 radical (unpaired) electrons. The lowest BCUT2D eigenvalue weighted by Crippen LogP contribution is -2.43. The van der Waals surface area contributed by atoms with Gasteiger partial charge in [-0.1, -0.05) is 0 Å². The standard InChI is InChI=1S/C14H8F8N2O2/c1-3-4(2)24(26)11(23-3)5-8(15)6-7(9(16)10(5)25)13(19,20)14(21,22)12(6,17)18/h25-26H,1-2H3. The van der Waals surface area contributed by atoms with Crippen LogP contribution in [0.15, 0.2) is 0 Å². The summed E-state index contributed by atoms with van der Waals surface area (Å²) in [6.07, 6.45) is 0. The van der Waals surface area contributed by atoms with Crippen molar-refractivity contribution in [3.8, 4) is 17.1 Å². The highest BCUT2D eigenvalue weighted by Gasteiger charge is 2.81. The smallest absolute Gasteiger partial charge is 0.380 e. The third-order valence-corrected chi connectivity index (χ3v) is 4.31. The average molecular weight is 388 g/mol. The highest BCUT2D eigenvalue weighted by Crippen LogP contribution is 2.65. The van der Waals surface area contributed by atoms with Gasteiger partial charge in [-0.3, -0.25) is 0 Å². The minimum atomic E-state index is -6.14. The molecule has 3 rings (SSSR count). The molecule has 2 N–H and O–H groups in total. The molecule has 1 aliphatic carbocycles. The van der Waals surface area contributed by atoms with Crippen LogP contribution < -0.4 is 0 Å². The van der Waals surface area contributed by atoms with E-state index >= 15 is 0 Å². The van der Waals surface area contributed by atoms with Crippen LogP contribution in [-0.4, -0.2) is 26.0 Å². The normalized spacial score (nSPS) is 19.6. The lowest BCUT2D eigenvalue weighted by Gasteiger charge is -2.23. The Kier molecular flexibility index (Phi) is 3.37. The van der Waals surface area contributed by atoms with Crippen molar-refractivity contribution in [1.29, 1.82) is 0 Å². The largest absolute Gasteiger partial charge is 0.504 e. The Balaban J connectivity index is 2.49. The zero-order valence-electron chi connectivity index (χ0n) is 12.8. The number of nitrogens with zero attached hydrogens (tertiary/aromatic N) is 2. The average Bonchev–Trinajstić information content (AvgIpc) is 2.82. The van der Waals surface area contributed by atoms with Gasteiger partial charge in [0.25, 0.3) is 0 Å². The summed E-state index contributed by atoms with van der Waals surface area (Å²) in [5.41, 5.74) is -6.88. The fourth-order valence-corrected chi connectivity index (χ4v) is 2.74. The molecule has 1 heterocycles. The Bertz CT molecular complexity index is 951. The molecule has 0 saturated heterocycles. The van der Waals surface area contributed by atoms with Crippen LogP contribution in [0.3, 0.4) is 0 Å². The highest BCUT2D eigenvalue weighted by atomic mass is 19.3. The summed E-state index contributed by atoms with van der Waals surface area (Å²) in [5, 5.41) is 19.5. The second kappa shape index (κ2) is 4.80.